The zero-order valence-electron chi connectivity index (χ0n) is 33.7. The molecule has 57 heavy (non-hydrogen) atoms. The maximum absolute atomic E-state index is 13.0. The summed E-state index contributed by atoms with van der Waals surface area (Å²) < 4.78 is 32.6. The molecular weight excluding hydrogens is 839 g/mol. The molecule has 4 aliphatic rings. The van der Waals surface area contributed by atoms with E-state index in [9.17, 15) is 19.8 Å². The first kappa shape index (κ1) is 40.7. The number of aliphatic carboxylic acids is 2. The number of halogens is 1. The van der Waals surface area contributed by atoms with E-state index in [0.717, 1.165) is 37.0 Å². The van der Waals surface area contributed by atoms with E-state index >= 15 is 0 Å². The highest BCUT2D eigenvalue weighted by atomic mass is 127. The van der Waals surface area contributed by atoms with Crippen LogP contribution in [-0.2, 0) is 35.3 Å². The average molecular weight is 891 g/mol. The summed E-state index contributed by atoms with van der Waals surface area (Å²) in [6.45, 7) is 4.95. The zero-order valence-corrected chi connectivity index (χ0v) is 35.8. The molecule has 6 unspecified atom stereocenters. The summed E-state index contributed by atoms with van der Waals surface area (Å²) in [5.41, 5.74) is 5.90. The summed E-state index contributed by atoms with van der Waals surface area (Å²) in [6.07, 6.45) is 3.01. The van der Waals surface area contributed by atoms with E-state index in [1.165, 1.54) is 0 Å². The van der Waals surface area contributed by atoms with E-state index in [2.05, 4.69) is 22.6 Å². The quantitative estimate of drug-likeness (QED) is 0.151. The van der Waals surface area contributed by atoms with E-state index in [0.29, 0.717) is 91.9 Å². The van der Waals surface area contributed by atoms with E-state index < -0.39 is 30.1 Å². The number of hydrogen-bond donors (Lipinski definition) is 0. The molecule has 6 bridgehead atoms. The molecule has 11 nitrogen and oxygen atoms in total. The Morgan fingerprint density at radius 3 is 1.86 bits per heavy atom. The molecule has 0 spiro atoms. The highest BCUT2D eigenvalue weighted by Gasteiger charge is 2.48. The third kappa shape index (κ3) is 7.18. The second-order valence-corrected chi connectivity index (χ2v) is 17.0. The van der Waals surface area contributed by atoms with Crippen molar-refractivity contribution in [3.63, 3.8) is 0 Å². The van der Waals surface area contributed by atoms with Gasteiger partial charge in [-0.25, -0.2) is 0 Å². The van der Waals surface area contributed by atoms with Crippen LogP contribution in [0.2, 0.25) is 0 Å². The summed E-state index contributed by atoms with van der Waals surface area (Å²) in [5.74, 6) is 1.78. The Morgan fingerprint density at radius 2 is 1.26 bits per heavy atom. The number of carboxylic acids is 2. The minimum atomic E-state index is -1.10. The minimum Gasteiger partial charge on any atom is -0.544 e. The second kappa shape index (κ2) is 16.0. The van der Waals surface area contributed by atoms with Gasteiger partial charge in [-0.2, -0.15) is 0 Å². The molecule has 0 saturated heterocycles. The van der Waals surface area contributed by atoms with Crippen molar-refractivity contribution in [3.05, 3.63) is 97.6 Å². The molecule has 4 heterocycles. The molecule has 8 rings (SSSR count). The van der Waals surface area contributed by atoms with Gasteiger partial charge in [0.1, 0.15) is 35.7 Å². The van der Waals surface area contributed by atoms with Crippen molar-refractivity contribution in [3.8, 4) is 40.2 Å². The van der Waals surface area contributed by atoms with Crippen LogP contribution in [0.5, 0.6) is 40.2 Å². The molecule has 0 fully saturated rings. The summed E-state index contributed by atoms with van der Waals surface area (Å²) in [4.78, 5) is 25.8. The number of quaternary nitrogens is 2. The fraction of sp³-hybridized carbons (Fsp3) is 0.422. The predicted molar refractivity (Wildman–Crippen MR) is 219 cm³/mol. The van der Waals surface area contributed by atoms with Gasteiger partial charge < -0.3 is 52.5 Å². The first-order chi connectivity index (χ1) is 27.3. The predicted octanol–water partition coefficient (Wildman–Crippen LogP) is 5.85. The van der Waals surface area contributed by atoms with Crippen molar-refractivity contribution in [2.75, 3.05) is 48.5 Å². The van der Waals surface area contributed by atoms with E-state index in [-0.39, 0.29) is 15.0 Å². The van der Waals surface area contributed by atoms with Crippen molar-refractivity contribution in [2.45, 2.75) is 76.5 Å². The number of fused-ring (bicyclic) bond motifs is 2. The Kier molecular flexibility index (Phi) is 11.4. The Morgan fingerprint density at radius 1 is 0.719 bits per heavy atom. The standard InChI is InChI=1S/C45H51IN2O9/c1-8-32(44(49)50)47(3)18-16-28-23-37(54-6)39-25-31(28)34(47)20-26-10-13-30(14-11-26)56-38-22-27(12-15-36(38)53-5)21-35-41-29(24-40(55-7)42(46)43(41)57-39)17-19-48(35,4)33(9-2)45(51)52/h10-15,22-25,32-35H,8-9,16-21H2,1-7H3. The SMILES string of the molecule is CCC(C(=O)[O-])[N+]1(C)CCc2cc(OC)c3cc2C1Cc1ccc(cc1)Oc1cc(ccc1OC)CC1c2c(cc(OC)c(I)c2O3)CC[N+]1(C)C(CC)C(=O)[O-]. The van der Waals surface area contributed by atoms with Crippen LogP contribution in [0.3, 0.4) is 0 Å². The van der Waals surface area contributed by atoms with Crippen LogP contribution < -0.4 is 33.9 Å². The number of likely N-dealkylation sites (N-methyl/N-ethyl adjacent to an activating group) is 2. The van der Waals surface area contributed by atoms with Crippen LogP contribution in [0, 0.1) is 3.57 Å². The number of nitrogens with zero attached hydrogens (tertiary/aromatic N) is 2. The molecule has 12 heteroatoms. The van der Waals surface area contributed by atoms with Crippen molar-refractivity contribution >= 4 is 34.5 Å². The third-order valence-electron chi connectivity index (χ3n) is 13.0. The monoisotopic (exact) mass is 890 g/mol. The first-order valence-electron chi connectivity index (χ1n) is 19.6. The Balaban J connectivity index is 1.53. The fourth-order valence-electron chi connectivity index (χ4n) is 9.86. The van der Waals surface area contributed by atoms with E-state index in [4.69, 9.17) is 23.7 Å². The Labute approximate surface area is 348 Å². The maximum atomic E-state index is 13.0. The summed E-state index contributed by atoms with van der Waals surface area (Å²) in [7, 11) is 8.90. The molecule has 302 valence electrons. The number of carboxylic acid groups (broad SMARTS) is 2. The molecule has 4 aromatic carbocycles. The molecular formula is C45H51IN2O9. The van der Waals surface area contributed by atoms with Crippen LogP contribution in [0.4, 0.5) is 0 Å². The van der Waals surface area contributed by atoms with Crippen LogP contribution in [0.15, 0.2) is 60.7 Å². The lowest BCUT2D eigenvalue weighted by molar-refractivity contribution is -0.958. The number of carbonyl (C=O) groups is 2. The topological polar surface area (TPSA) is 126 Å². The van der Waals surface area contributed by atoms with Gasteiger partial charge >= 0.3 is 0 Å². The number of methoxy groups -OCH3 is 3. The van der Waals surface area contributed by atoms with Crippen molar-refractivity contribution in [2.24, 2.45) is 0 Å². The number of ether oxygens (including phenoxy) is 5. The van der Waals surface area contributed by atoms with E-state index in [1.807, 2.05) is 88.6 Å². The van der Waals surface area contributed by atoms with Gasteiger partial charge in [0.2, 0.25) is 0 Å². The number of rotatable bonds is 9. The third-order valence-corrected chi connectivity index (χ3v) is 14.0. The van der Waals surface area contributed by atoms with Crippen molar-refractivity contribution < 1.29 is 52.5 Å². The van der Waals surface area contributed by atoms with Gasteiger partial charge in [-0.15, -0.1) is 0 Å². The fourth-order valence-corrected chi connectivity index (χ4v) is 10.6. The highest BCUT2D eigenvalue weighted by molar-refractivity contribution is 14.1. The lowest BCUT2D eigenvalue weighted by Crippen LogP contribution is -2.63. The lowest BCUT2D eigenvalue weighted by atomic mass is 9.83. The van der Waals surface area contributed by atoms with Crippen molar-refractivity contribution in [1.29, 1.82) is 0 Å². The molecule has 4 aliphatic heterocycles. The molecule has 4 aromatic rings. The molecule has 0 amide bonds. The molecule has 0 saturated carbocycles. The summed E-state index contributed by atoms with van der Waals surface area (Å²) in [6, 6.07) is 17.6. The van der Waals surface area contributed by atoms with Crippen LogP contribution in [0.1, 0.15) is 72.2 Å². The highest BCUT2D eigenvalue weighted by Crippen LogP contribution is 2.52. The smallest absolute Gasteiger partial charge is 0.169 e. The average Bonchev–Trinajstić information content (AvgIpc) is 3.18. The minimum absolute atomic E-state index is 0.190. The van der Waals surface area contributed by atoms with Gasteiger partial charge in [-0.1, -0.05) is 32.0 Å². The van der Waals surface area contributed by atoms with Gasteiger partial charge in [0.05, 0.1) is 69.6 Å². The lowest BCUT2D eigenvalue weighted by Gasteiger charge is -2.51. The van der Waals surface area contributed by atoms with Gasteiger partial charge in [-0.05, 0) is 87.3 Å². The maximum Gasteiger partial charge on any atom is 0.169 e. The molecule has 0 aliphatic carbocycles. The number of carbonyl (C=O) groups excluding carboxylic acids is 2. The largest absolute Gasteiger partial charge is 0.544 e. The summed E-state index contributed by atoms with van der Waals surface area (Å²) in [5, 5.41) is 25.8. The number of benzene rings is 4. The van der Waals surface area contributed by atoms with Gasteiger partial charge in [-0.3, -0.25) is 0 Å². The zero-order chi connectivity index (χ0) is 40.8. The molecule has 0 aromatic heterocycles. The van der Waals surface area contributed by atoms with E-state index in [1.54, 1.807) is 21.3 Å². The second-order valence-electron chi connectivity index (χ2n) is 15.9. The summed E-state index contributed by atoms with van der Waals surface area (Å²) >= 11 is 2.26. The first-order valence-corrected chi connectivity index (χ1v) is 20.7. The Bertz CT molecular complexity index is 2190. The van der Waals surface area contributed by atoms with Crippen LogP contribution >= 0.6 is 22.6 Å². The molecule has 0 N–H and O–H groups in total. The number of hydrogen-bond acceptors (Lipinski definition) is 9. The van der Waals surface area contributed by atoms with Crippen molar-refractivity contribution in [1.82, 2.24) is 0 Å². The van der Waals surface area contributed by atoms with Gasteiger partial charge in [0, 0.05) is 44.1 Å². The molecule has 0 radical (unpaired) electrons. The van der Waals surface area contributed by atoms with Gasteiger partial charge in [0.25, 0.3) is 0 Å². The van der Waals surface area contributed by atoms with Gasteiger partial charge in [0.15, 0.2) is 28.7 Å². The van der Waals surface area contributed by atoms with Crippen LogP contribution in [0.25, 0.3) is 0 Å². The Hall–Kier alpha value is -4.53. The molecule has 6 atom stereocenters. The van der Waals surface area contributed by atoms with Crippen LogP contribution in [-0.4, -0.2) is 81.5 Å². The normalized spacial score (nSPS) is 23.4.